The Balaban J connectivity index is 2.15. The van der Waals surface area contributed by atoms with Gasteiger partial charge in [0.05, 0.1) is 0 Å². The maximum atomic E-state index is 11.9. The molecule has 0 saturated heterocycles. The Labute approximate surface area is 112 Å². The van der Waals surface area contributed by atoms with Crippen LogP contribution < -0.4 is 21.3 Å². The highest BCUT2D eigenvalue weighted by Gasteiger charge is 2.29. The Morgan fingerprint density at radius 2 is 2.16 bits per heavy atom. The number of nitrogens with zero attached hydrogens (tertiary/aromatic N) is 1. The van der Waals surface area contributed by atoms with Crippen LogP contribution in [0.1, 0.15) is 12.5 Å². The summed E-state index contributed by atoms with van der Waals surface area (Å²) in [5.41, 5.74) is 8.71. The summed E-state index contributed by atoms with van der Waals surface area (Å²) in [5.74, 6) is -0.324. The number of fused-ring (bicyclic) bond motifs is 1. The van der Waals surface area contributed by atoms with Crippen LogP contribution in [-0.4, -0.2) is 31.6 Å². The number of nitrogens with two attached hydrogens (primary N) is 1. The molecule has 19 heavy (non-hydrogen) atoms. The van der Waals surface area contributed by atoms with E-state index in [0.717, 1.165) is 29.9 Å². The molecule has 4 N–H and O–H groups in total. The van der Waals surface area contributed by atoms with Crippen LogP contribution in [0.25, 0.3) is 0 Å². The molecule has 1 aromatic rings. The average molecular weight is 262 g/mol. The zero-order valence-electron chi connectivity index (χ0n) is 11.1. The molecule has 3 amide bonds. The van der Waals surface area contributed by atoms with Gasteiger partial charge in [0.2, 0.25) is 5.91 Å². The molecule has 0 spiro atoms. The minimum absolute atomic E-state index is 0.324. The van der Waals surface area contributed by atoms with E-state index in [4.69, 9.17) is 5.73 Å². The molecule has 0 aliphatic carbocycles. The predicted octanol–water partition coefficient (Wildman–Crippen LogP) is 0.475. The number of nitrogen functional groups attached to an aromatic ring is 1. The lowest BCUT2D eigenvalue weighted by atomic mass is 10.1. The van der Waals surface area contributed by atoms with Crippen molar-refractivity contribution in [2.75, 3.05) is 24.2 Å². The molecular formula is C13H18N4O2. The maximum absolute atomic E-state index is 11.9. The second kappa shape index (κ2) is 5.17. The summed E-state index contributed by atoms with van der Waals surface area (Å²) in [6.07, 6.45) is 0.819. The number of rotatable bonds is 2. The van der Waals surface area contributed by atoms with Gasteiger partial charge in [-0.2, -0.15) is 0 Å². The lowest BCUT2D eigenvalue weighted by molar-refractivity contribution is -0.120. The Kier molecular flexibility index (Phi) is 3.59. The van der Waals surface area contributed by atoms with Crippen LogP contribution in [0.2, 0.25) is 0 Å². The predicted molar refractivity (Wildman–Crippen MR) is 74.0 cm³/mol. The summed E-state index contributed by atoms with van der Waals surface area (Å²) in [6.45, 7) is 2.50. The number of anilines is 2. The van der Waals surface area contributed by atoms with Crippen LogP contribution in [0, 0.1) is 0 Å². The Morgan fingerprint density at radius 1 is 1.42 bits per heavy atom. The summed E-state index contributed by atoms with van der Waals surface area (Å²) in [5, 5.41) is 4.65. The molecule has 102 valence electrons. The smallest absolute Gasteiger partial charge is 0.321 e. The Hall–Kier alpha value is -2.24. The summed E-state index contributed by atoms with van der Waals surface area (Å²) < 4.78 is 0. The molecule has 6 heteroatoms. The van der Waals surface area contributed by atoms with Gasteiger partial charge in [-0.15, -0.1) is 0 Å². The molecule has 1 aromatic carbocycles. The first-order valence-electron chi connectivity index (χ1n) is 6.21. The Bertz CT molecular complexity index is 515. The number of carbonyl (C=O) groups excluding carboxylic acids is 2. The van der Waals surface area contributed by atoms with Crippen LogP contribution in [0.15, 0.2) is 18.2 Å². The lowest BCUT2D eigenvalue weighted by Crippen LogP contribution is -2.48. The van der Waals surface area contributed by atoms with Crippen molar-refractivity contribution in [2.45, 2.75) is 19.4 Å². The SMILES string of the molecule is CNC(=O)NC(=O)C(C)N1CCc2c(N)cccc21. The molecule has 6 nitrogen and oxygen atoms in total. The summed E-state index contributed by atoms with van der Waals surface area (Å²) >= 11 is 0. The van der Waals surface area contributed by atoms with E-state index in [-0.39, 0.29) is 5.91 Å². The fourth-order valence-electron chi connectivity index (χ4n) is 2.31. The van der Waals surface area contributed by atoms with Crippen molar-refractivity contribution in [1.29, 1.82) is 0 Å². The fourth-order valence-corrected chi connectivity index (χ4v) is 2.31. The van der Waals surface area contributed by atoms with Crippen molar-refractivity contribution >= 4 is 23.3 Å². The second-order valence-corrected chi connectivity index (χ2v) is 4.53. The van der Waals surface area contributed by atoms with Crippen molar-refractivity contribution in [2.24, 2.45) is 0 Å². The number of hydrogen-bond acceptors (Lipinski definition) is 4. The quantitative estimate of drug-likeness (QED) is 0.676. The third kappa shape index (κ3) is 2.47. The molecule has 0 radical (unpaired) electrons. The molecule has 1 atom stereocenters. The first-order chi connectivity index (χ1) is 9.04. The lowest BCUT2D eigenvalue weighted by Gasteiger charge is -2.26. The van der Waals surface area contributed by atoms with E-state index in [0.29, 0.717) is 0 Å². The number of benzene rings is 1. The highest BCUT2D eigenvalue weighted by molar-refractivity contribution is 5.98. The molecule has 1 heterocycles. The molecule has 1 aliphatic heterocycles. The van der Waals surface area contributed by atoms with Crippen LogP contribution >= 0.6 is 0 Å². The van der Waals surface area contributed by atoms with Crippen molar-refractivity contribution in [3.05, 3.63) is 23.8 Å². The van der Waals surface area contributed by atoms with Gasteiger partial charge in [0.15, 0.2) is 0 Å². The van der Waals surface area contributed by atoms with Gasteiger partial charge < -0.3 is 16.0 Å². The van der Waals surface area contributed by atoms with Crippen LogP contribution in [0.3, 0.4) is 0 Å². The molecule has 0 fully saturated rings. The molecule has 1 unspecified atom stereocenters. The molecule has 0 aromatic heterocycles. The van der Waals surface area contributed by atoms with Gasteiger partial charge >= 0.3 is 6.03 Å². The van der Waals surface area contributed by atoms with Gasteiger partial charge in [0, 0.05) is 30.5 Å². The molecule has 0 saturated carbocycles. The van der Waals surface area contributed by atoms with Gasteiger partial charge in [-0.05, 0) is 25.5 Å². The van der Waals surface area contributed by atoms with Gasteiger partial charge in [0.1, 0.15) is 6.04 Å². The number of imide groups is 1. The van der Waals surface area contributed by atoms with E-state index in [9.17, 15) is 9.59 Å². The zero-order valence-corrected chi connectivity index (χ0v) is 11.1. The number of nitrogens with one attached hydrogen (secondary N) is 2. The van der Waals surface area contributed by atoms with Gasteiger partial charge in [-0.1, -0.05) is 6.07 Å². The number of carbonyl (C=O) groups is 2. The van der Waals surface area contributed by atoms with Crippen LogP contribution in [-0.2, 0) is 11.2 Å². The van der Waals surface area contributed by atoms with E-state index in [1.807, 2.05) is 23.1 Å². The van der Waals surface area contributed by atoms with E-state index < -0.39 is 12.1 Å². The summed E-state index contributed by atoms with van der Waals surface area (Å²) in [6, 6.07) is 4.76. The minimum Gasteiger partial charge on any atom is -0.398 e. The largest absolute Gasteiger partial charge is 0.398 e. The van der Waals surface area contributed by atoms with Crippen molar-refractivity contribution < 1.29 is 9.59 Å². The Morgan fingerprint density at radius 3 is 2.84 bits per heavy atom. The van der Waals surface area contributed by atoms with Gasteiger partial charge in [0.25, 0.3) is 0 Å². The fraction of sp³-hybridized carbons (Fsp3) is 0.385. The first-order valence-corrected chi connectivity index (χ1v) is 6.21. The summed E-state index contributed by atoms with van der Waals surface area (Å²) in [4.78, 5) is 25.1. The van der Waals surface area contributed by atoms with Crippen molar-refractivity contribution in [3.8, 4) is 0 Å². The third-order valence-electron chi connectivity index (χ3n) is 3.41. The highest BCUT2D eigenvalue weighted by atomic mass is 16.2. The first kappa shape index (κ1) is 13.2. The number of urea groups is 1. The van der Waals surface area contributed by atoms with Gasteiger partial charge in [-0.25, -0.2) is 4.79 Å². The molecule has 1 aliphatic rings. The third-order valence-corrected chi connectivity index (χ3v) is 3.41. The highest BCUT2D eigenvalue weighted by Crippen LogP contribution is 2.33. The topological polar surface area (TPSA) is 87.5 Å². The molecular weight excluding hydrogens is 244 g/mol. The van der Waals surface area contributed by atoms with E-state index in [2.05, 4.69) is 10.6 Å². The van der Waals surface area contributed by atoms with Crippen LogP contribution in [0.4, 0.5) is 16.2 Å². The maximum Gasteiger partial charge on any atom is 0.321 e. The van der Waals surface area contributed by atoms with E-state index >= 15 is 0 Å². The minimum atomic E-state index is -0.496. The van der Waals surface area contributed by atoms with E-state index in [1.165, 1.54) is 7.05 Å². The zero-order chi connectivity index (χ0) is 14.0. The summed E-state index contributed by atoms with van der Waals surface area (Å²) in [7, 11) is 1.47. The number of hydrogen-bond donors (Lipinski definition) is 3. The molecule has 0 bridgehead atoms. The monoisotopic (exact) mass is 262 g/mol. The normalized spacial score (nSPS) is 14.7. The van der Waals surface area contributed by atoms with Crippen molar-refractivity contribution in [1.82, 2.24) is 10.6 Å². The molecule has 2 rings (SSSR count). The number of amides is 3. The standard InChI is InChI=1S/C13H18N4O2/c1-8(12(18)16-13(19)15-2)17-7-6-9-10(14)4-3-5-11(9)17/h3-5,8H,6-7,14H2,1-2H3,(H2,15,16,18,19). The van der Waals surface area contributed by atoms with E-state index in [1.54, 1.807) is 6.92 Å². The van der Waals surface area contributed by atoms with Crippen LogP contribution in [0.5, 0.6) is 0 Å². The second-order valence-electron chi connectivity index (χ2n) is 4.53. The van der Waals surface area contributed by atoms with Crippen molar-refractivity contribution in [3.63, 3.8) is 0 Å². The van der Waals surface area contributed by atoms with Gasteiger partial charge in [-0.3, -0.25) is 10.1 Å². The average Bonchev–Trinajstić information content (AvgIpc) is 2.82.